The largest absolute Gasteiger partial charge is 0.368 e. The van der Waals surface area contributed by atoms with Gasteiger partial charge < -0.3 is 15.1 Å². The zero-order valence-electron chi connectivity index (χ0n) is 14.7. The standard InChI is InChI=1S/C19H20F3N3O/c1-12-3-4-13(2)16(11-12)24-7-9-25(10-8-24)19(26)23-15-6-5-14(20)17(21)18(15)22/h3-6,11H,7-10H2,1-2H3,(H,23,26). The number of hydrogen-bond donors (Lipinski definition) is 1. The Bertz CT molecular complexity index is 833. The van der Waals surface area contributed by atoms with E-state index in [1.54, 1.807) is 0 Å². The van der Waals surface area contributed by atoms with Gasteiger partial charge in [0, 0.05) is 31.9 Å². The fourth-order valence-corrected chi connectivity index (χ4v) is 3.03. The van der Waals surface area contributed by atoms with Gasteiger partial charge in [-0.3, -0.25) is 0 Å². The number of rotatable bonds is 2. The predicted molar refractivity (Wildman–Crippen MR) is 95.0 cm³/mol. The maximum Gasteiger partial charge on any atom is 0.322 e. The molecule has 1 saturated heterocycles. The first-order valence-electron chi connectivity index (χ1n) is 8.38. The highest BCUT2D eigenvalue weighted by molar-refractivity contribution is 5.89. The molecule has 0 radical (unpaired) electrons. The molecule has 0 spiro atoms. The number of hydrogen-bond acceptors (Lipinski definition) is 2. The molecule has 1 N–H and O–H groups in total. The van der Waals surface area contributed by atoms with Crippen molar-refractivity contribution in [3.05, 3.63) is 58.9 Å². The van der Waals surface area contributed by atoms with E-state index in [1.165, 1.54) is 10.5 Å². The van der Waals surface area contributed by atoms with E-state index in [1.807, 2.05) is 13.8 Å². The van der Waals surface area contributed by atoms with Gasteiger partial charge in [-0.05, 0) is 43.2 Å². The molecule has 2 aromatic carbocycles. The van der Waals surface area contributed by atoms with Crippen LogP contribution in [0.5, 0.6) is 0 Å². The normalized spacial score (nSPS) is 14.5. The predicted octanol–water partition coefficient (Wildman–Crippen LogP) is 4.07. The van der Waals surface area contributed by atoms with Crippen molar-refractivity contribution in [1.82, 2.24) is 4.90 Å². The smallest absolute Gasteiger partial charge is 0.322 e. The fourth-order valence-electron chi connectivity index (χ4n) is 3.03. The second kappa shape index (κ2) is 7.27. The van der Waals surface area contributed by atoms with Crippen LogP contribution in [0.15, 0.2) is 30.3 Å². The number of anilines is 2. The summed E-state index contributed by atoms with van der Waals surface area (Å²) in [7, 11) is 0. The monoisotopic (exact) mass is 363 g/mol. The van der Waals surface area contributed by atoms with Crippen LogP contribution in [0.3, 0.4) is 0 Å². The van der Waals surface area contributed by atoms with Crippen LogP contribution in [0.25, 0.3) is 0 Å². The number of piperazine rings is 1. The summed E-state index contributed by atoms with van der Waals surface area (Å²) in [5, 5.41) is 2.31. The molecule has 1 heterocycles. The number of halogens is 3. The van der Waals surface area contributed by atoms with Crippen LogP contribution in [-0.2, 0) is 0 Å². The summed E-state index contributed by atoms with van der Waals surface area (Å²) in [6, 6.07) is 7.50. The summed E-state index contributed by atoms with van der Waals surface area (Å²) in [6.45, 7) is 6.24. The summed E-state index contributed by atoms with van der Waals surface area (Å²) in [6.07, 6.45) is 0. The van der Waals surface area contributed by atoms with Crippen molar-refractivity contribution in [3.63, 3.8) is 0 Å². The topological polar surface area (TPSA) is 35.6 Å². The van der Waals surface area contributed by atoms with Gasteiger partial charge in [0.05, 0.1) is 5.69 Å². The summed E-state index contributed by atoms with van der Waals surface area (Å²) in [4.78, 5) is 16.0. The van der Waals surface area contributed by atoms with Gasteiger partial charge in [-0.25, -0.2) is 18.0 Å². The van der Waals surface area contributed by atoms with E-state index in [2.05, 4.69) is 28.4 Å². The van der Waals surface area contributed by atoms with Gasteiger partial charge in [-0.1, -0.05) is 12.1 Å². The molecule has 1 fully saturated rings. The van der Waals surface area contributed by atoms with Crippen molar-refractivity contribution in [1.29, 1.82) is 0 Å². The van der Waals surface area contributed by atoms with E-state index >= 15 is 0 Å². The molecule has 26 heavy (non-hydrogen) atoms. The van der Waals surface area contributed by atoms with Crippen LogP contribution in [0.2, 0.25) is 0 Å². The van der Waals surface area contributed by atoms with Gasteiger partial charge in [-0.2, -0.15) is 0 Å². The number of aryl methyl sites for hydroxylation is 2. The molecule has 2 aromatic rings. The highest BCUT2D eigenvalue weighted by Crippen LogP contribution is 2.24. The first-order chi connectivity index (χ1) is 12.4. The van der Waals surface area contributed by atoms with Crippen molar-refractivity contribution >= 4 is 17.4 Å². The number of carbonyl (C=O) groups excluding carboxylic acids is 1. The lowest BCUT2D eigenvalue weighted by molar-refractivity contribution is 0.208. The van der Waals surface area contributed by atoms with Crippen LogP contribution >= 0.6 is 0 Å². The zero-order valence-corrected chi connectivity index (χ0v) is 14.7. The Kier molecular flexibility index (Phi) is 5.06. The number of nitrogens with zero attached hydrogens (tertiary/aromatic N) is 2. The van der Waals surface area contributed by atoms with Crippen molar-refractivity contribution in [2.75, 3.05) is 36.4 Å². The number of benzene rings is 2. The van der Waals surface area contributed by atoms with Crippen molar-refractivity contribution in [2.24, 2.45) is 0 Å². The maximum absolute atomic E-state index is 13.7. The SMILES string of the molecule is Cc1ccc(C)c(N2CCN(C(=O)Nc3ccc(F)c(F)c3F)CC2)c1. The Hall–Kier alpha value is -2.70. The van der Waals surface area contributed by atoms with Crippen molar-refractivity contribution in [3.8, 4) is 0 Å². The minimum absolute atomic E-state index is 0.370. The van der Waals surface area contributed by atoms with Crippen LogP contribution in [-0.4, -0.2) is 37.1 Å². The third-order valence-corrected chi connectivity index (χ3v) is 4.55. The second-order valence-electron chi connectivity index (χ2n) is 6.42. The molecule has 0 unspecified atom stereocenters. The highest BCUT2D eigenvalue weighted by atomic mass is 19.2. The summed E-state index contributed by atoms with van der Waals surface area (Å²) >= 11 is 0. The molecule has 0 atom stereocenters. The lowest BCUT2D eigenvalue weighted by Gasteiger charge is -2.36. The van der Waals surface area contributed by atoms with E-state index in [-0.39, 0.29) is 5.69 Å². The Labute approximate surface area is 150 Å². The lowest BCUT2D eigenvalue weighted by Crippen LogP contribution is -2.50. The Morgan fingerprint density at radius 2 is 1.65 bits per heavy atom. The molecule has 0 aromatic heterocycles. The van der Waals surface area contributed by atoms with E-state index in [0.717, 1.165) is 23.4 Å². The van der Waals surface area contributed by atoms with Gasteiger partial charge >= 0.3 is 6.03 Å². The molecular formula is C19H20F3N3O. The van der Waals surface area contributed by atoms with E-state index in [9.17, 15) is 18.0 Å². The van der Waals surface area contributed by atoms with E-state index < -0.39 is 23.5 Å². The molecule has 4 nitrogen and oxygen atoms in total. The molecule has 1 aliphatic heterocycles. The molecule has 0 bridgehead atoms. The van der Waals surface area contributed by atoms with Gasteiger partial charge in [0.1, 0.15) is 0 Å². The molecule has 0 saturated carbocycles. The second-order valence-corrected chi connectivity index (χ2v) is 6.42. The molecule has 1 aliphatic rings. The minimum Gasteiger partial charge on any atom is -0.368 e. The average Bonchev–Trinajstić information content (AvgIpc) is 2.64. The summed E-state index contributed by atoms with van der Waals surface area (Å²) in [5.41, 5.74) is 3.10. The van der Waals surface area contributed by atoms with Crippen LogP contribution < -0.4 is 10.2 Å². The molecule has 2 amide bonds. The Morgan fingerprint density at radius 1 is 0.962 bits per heavy atom. The third-order valence-electron chi connectivity index (χ3n) is 4.55. The number of urea groups is 1. The van der Waals surface area contributed by atoms with Gasteiger partial charge in [0.2, 0.25) is 0 Å². The van der Waals surface area contributed by atoms with Crippen LogP contribution in [0.4, 0.5) is 29.3 Å². The Morgan fingerprint density at radius 3 is 2.35 bits per heavy atom. The molecule has 3 rings (SSSR count). The van der Waals surface area contributed by atoms with Crippen LogP contribution in [0, 0.1) is 31.3 Å². The van der Waals surface area contributed by atoms with Crippen LogP contribution in [0.1, 0.15) is 11.1 Å². The first kappa shape index (κ1) is 18.1. The minimum atomic E-state index is -1.59. The third kappa shape index (κ3) is 3.61. The summed E-state index contributed by atoms with van der Waals surface area (Å²) < 4.78 is 39.9. The number of carbonyl (C=O) groups is 1. The molecule has 138 valence electrons. The summed E-state index contributed by atoms with van der Waals surface area (Å²) in [5.74, 6) is -4.28. The maximum atomic E-state index is 13.7. The number of nitrogens with one attached hydrogen (secondary N) is 1. The highest BCUT2D eigenvalue weighted by Gasteiger charge is 2.23. The molecule has 7 heteroatoms. The Balaban J connectivity index is 1.64. The zero-order chi connectivity index (χ0) is 18.8. The number of amides is 2. The molecule has 0 aliphatic carbocycles. The fraction of sp³-hybridized carbons (Fsp3) is 0.316. The van der Waals surface area contributed by atoms with Gasteiger partial charge in [0.15, 0.2) is 17.5 Å². The first-order valence-corrected chi connectivity index (χ1v) is 8.38. The van der Waals surface area contributed by atoms with E-state index in [0.29, 0.717) is 26.2 Å². The molecular weight excluding hydrogens is 343 g/mol. The van der Waals surface area contributed by atoms with E-state index in [4.69, 9.17) is 0 Å². The lowest BCUT2D eigenvalue weighted by atomic mass is 10.1. The van der Waals surface area contributed by atoms with Gasteiger partial charge in [-0.15, -0.1) is 0 Å². The van der Waals surface area contributed by atoms with Gasteiger partial charge in [0.25, 0.3) is 0 Å². The average molecular weight is 363 g/mol. The van der Waals surface area contributed by atoms with Crippen molar-refractivity contribution in [2.45, 2.75) is 13.8 Å². The van der Waals surface area contributed by atoms with Crippen molar-refractivity contribution < 1.29 is 18.0 Å². The quantitative estimate of drug-likeness (QED) is 0.817.